The van der Waals surface area contributed by atoms with Crippen molar-refractivity contribution in [3.05, 3.63) is 80.3 Å². The number of rotatable bonds is 10. The third-order valence-electron chi connectivity index (χ3n) is 7.31. The topological polar surface area (TPSA) is 145 Å². The van der Waals surface area contributed by atoms with Gasteiger partial charge in [0.25, 0.3) is 0 Å². The number of pyridine rings is 1. The molecule has 0 bridgehead atoms. The summed E-state index contributed by atoms with van der Waals surface area (Å²) >= 11 is 0. The SMILES string of the molecule is CCOC(=O)c1cn(C2CC2)c2c(F)c(CCc3cc(Cc4cnc(N)nc4N)cc(OC)c3OC)c(F)cc2c1=O. The minimum absolute atomic E-state index is 0.0240. The number of anilines is 2. The maximum atomic E-state index is 16.1. The molecule has 4 aromatic rings. The van der Waals surface area contributed by atoms with Gasteiger partial charge in [-0.05, 0) is 55.9 Å². The van der Waals surface area contributed by atoms with Crippen LogP contribution in [0.4, 0.5) is 20.5 Å². The number of carbonyl (C=O) groups is 1. The molecule has 0 radical (unpaired) electrons. The van der Waals surface area contributed by atoms with Gasteiger partial charge in [0.2, 0.25) is 11.4 Å². The quantitative estimate of drug-likeness (QED) is 0.265. The lowest BCUT2D eigenvalue weighted by Gasteiger charge is -2.17. The van der Waals surface area contributed by atoms with Crippen LogP contribution in [0, 0.1) is 11.6 Å². The first-order chi connectivity index (χ1) is 20.2. The van der Waals surface area contributed by atoms with E-state index in [9.17, 15) is 9.59 Å². The Bertz CT molecular complexity index is 1750. The molecule has 42 heavy (non-hydrogen) atoms. The van der Waals surface area contributed by atoms with Gasteiger partial charge in [-0.3, -0.25) is 4.79 Å². The molecule has 0 spiro atoms. The Morgan fingerprint density at radius 3 is 2.50 bits per heavy atom. The van der Waals surface area contributed by atoms with E-state index < -0.39 is 23.0 Å². The summed E-state index contributed by atoms with van der Waals surface area (Å²) in [6.07, 6.45) is 4.88. The second kappa shape index (κ2) is 11.6. The maximum Gasteiger partial charge on any atom is 0.343 e. The molecule has 220 valence electrons. The number of nitrogens with zero attached hydrogens (tertiary/aromatic N) is 3. The summed E-state index contributed by atoms with van der Waals surface area (Å²) < 4.78 is 49.3. The highest BCUT2D eigenvalue weighted by atomic mass is 19.1. The predicted octanol–water partition coefficient (Wildman–Crippen LogP) is 4.14. The van der Waals surface area contributed by atoms with Gasteiger partial charge in [0, 0.05) is 36.0 Å². The second-order valence-electron chi connectivity index (χ2n) is 10.1. The van der Waals surface area contributed by atoms with Gasteiger partial charge in [-0.25, -0.2) is 18.6 Å². The zero-order chi connectivity index (χ0) is 30.1. The van der Waals surface area contributed by atoms with E-state index in [2.05, 4.69) is 9.97 Å². The number of aromatic nitrogens is 3. The lowest BCUT2D eigenvalue weighted by atomic mass is 9.96. The fourth-order valence-corrected chi connectivity index (χ4v) is 5.15. The first kappa shape index (κ1) is 28.8. The van der Waals surface area contributed by atoms with Crippen LogP contribution < -0.4 is 26.4 Å². The highest BCUT2D eigenvalue weighted by Crippen LogP contribution is 2.39. The average Bonchev–Trinajstić information content (AvgIpc) is 3.80. The van der Waals surface area contributed by atoms with Crippen LogP contribution in [-0.2, 0) is 24.0 Å². The maximum absolute atomic E-state index is 16.1. The Kier molecular flexibility index (Phi) is 7.97. The number of methoxy groups -OCH3 is 2. The molecule has 0 atom stereocenters. The van der Waals surface area contributed by atoms with Crippen molar-refractivity contribution in [2.24, 2.45) is 0 Å². The van der Waals surface area contributed by atoms with Gasteiger partial charge in [0.1, 0.15) is 17.2 Å². The van der Waals surface area contributed by atoms with Gasteiger partial charge in [-0.15, -0.1) is 0 Å². The minimum Gasteiger partial charge on any atom is -0.493 e. The van der Waals surface area contributed by atoms with E-state index in [4.69, 9.17) is 25.7 Å². The van der Waals surface area contributed by atoms with Gasteiger partial charge in [0.05, 0.1) is 31.7 Å². The Hall–Kier alpha value is -4.74. The van der Waals surface area contributed by atoms with Crippen LogP contribution in [0.1, 0.15) is 58.4 Å². The smallest absolute Gasteiger partial charge is 0.343 e. The normalized spacial score (nSPS) is 12.9. The molecular weight excluding hydrogens is 548 g/mol. The Labute approximate surface area is 240 Å². The number of esters is 1. The van der Waals surface area contributed by atoms with Crippen molar-refractivity contribution in [2.45, 2.75) is 45.1 Å². The first-order valence-electron chi connectivity index (χ1n) is 13.5. The van der Waals surface area contributed by atoms with Crippen LogP contribution in [0.25, 0.3) is 10.9 Å². The third kappa shape index (κ3) is 5.44. The van der Waals surface area contributed by atoms with Crippen LogP contribution in [0.15, 0.2) is 35.4 Å². The Morgan fingerprint density at radius 2 is 1.86 bits per heavy atom. The fraction of sp³-hybridized carbons (Fsp3) is 0.333. The van der Waals surface area contributed by atoms with Crippen LogP contribution in [0.3, 0.4) is 0 Å². The molecule has 12 heteroatoms. The van der Waals surface area contributed by atoms with Crippen molar-refractivity contribution >= 4 is 28.6 Å². The summed E-state index contributed by atoms with van der Waals surface area (Å²) in [5.41, 5.74) is 12.5. The number of ether oxygens (including phenoxy) is 3. The van der Waals surface area contributed by atoms with E-state index in [1.54, 1.807) is 23.8 Å². The molecule has 1 aliphatic rings. The van der Waals surface area contributed by atoms with E-state index in [0.717, 1.165) is 24.5 Å². The fourth-order valence-electron chi connectivity index (χ4n) is 5.15. The van der Waals surface area contributed by atoms with E-state index in [1.165, 1.54) is 20.4 Å². The summed E-state index contributed by atoms with van der Waals surface area (Å²) in [4.78, 5) is 33.5. The molecule has 2 heterocycles. The number of carbonyl (C=O) groups excluding carboxylic acids is 1. The summed E-state index contributed by atoms with van der Waals surface area (Å²) in [5.74, 6) is -1.36. The van der Waals surface area contributed by atoms with Crippen LogP contribution in [0.2, 0.25) is 0 Å². The molecule has 2 aromatic carbocycles. The van der Waals surface area contributed by atoms with Gasteiger partial charge >= 0.3 is 5.97 Å². The number of halogens is 2. The molecule has 0 amide bonds. The third-order valence-corrected chi connectivity index (χ3v) is 7.31. The number of aryl methyl sites for hydroxylation is 1. The predicted molar refractivity (Wildman–Crippen MR) is 153 cm³/mol. The molecule has 10 nitrogen and oxygen atoms in total. The lowest BCUT2D eigenvalue weighted by Crippen LogP contribution is -2.22. The number of benzene rings is 2. The van der Waals surface area contributed by atoms with Crippen molar-refractivity contribution in [3.8, 4) is 11.5 Å². The largest absolute Gasteiger partial charge is 0.493 e. The van der Waals surface area contributed by atoms with Crippen LogP contribution >= 0.6 is 0 Å². The minimum atomic E-state index is -0.880. The van der Waals surface area contributed by atoms with Gasteiger partial charge in [-0.1, -0.05) is 6.07 Å². The van der Waals surface area contributed by atoms with E-state index in [0.29, 0.717) is 29.0 Å². The van der Waals surface area contributed by atoms with Crippen LogP contribution in [-0.4, -0.2) is 41.3 Å². The lowest BCUT2D eigenvalue weighted by molar-refractivity contribution is 0.0524. The van der Waals surface area contributed by atoms with Crippen molar-refractivity contribution in [1.29, 1.82) is 0 Å². The van der Waals surface area contributed by atoms with Crippen LogP contribution in [0.5, 0.6) is 11.5 Å². The summed E-state index contributed by atoms with van der Waals surface area (Å²) in [5, 5.41) is -0.198. The zero-order valence-corrected chi connectivity index (χ0v) is 23.5. The number of nitrogens with two attached hydrogens (primary N) is 2. The van der Waals surface area contributed by atoms with Gasteiger partial charge < -0.3 is 30.2 Å². The molecule has 4 N–H and O–H groups in total. The number of hydrogen-bond acceptors (Lipinski definition) is 9. The number of hydrogen-bond donors (Lipinski definition) is 2. The summed E-state index contributed by atoms with van der Waals surface area (Å²) in [6, 6.07) is 4.54. The summed E-state index contributed by atoms with van der Waals surface area (Å²) in [7, 11) is 2.98. The number of fused-ring (bicyclic) bond motifs is 1. The van der Waals surface area contributed by atoms with Gasteiger partial charge in [0.15, 0.2) is 17.3 Å². The van der Waals surface area contributed by atoms with Crippen molar-refractivity contribution in [3.63, 3.8) is 0 Å². The molecule has 1 aliphatic carbocycles. The van der Waals surface area contributed by atoms with E-state index >= 15 is 8.78 Å². The number of nitrogen functional groups attached to an aromatic ring is 2. The molecule has 0 saturated heterocycles. The molecule has 1 fully saturated rings. The molecule has 5 rings (SSSR count). The Balaban J connectivity index is 1.54. The average molecular weight is 580 g/mol. The van der Waals surface area contributed by atoms with Crippen molar-refractivity contribution in [1.82, 2.24) is 14.5 Å². The standard InChI is InChI=1S/C30H31F2N5O5/c1-4-42-29(39)21-14-37(18-6-7-18)25-20(26(21)38)12-22(31)19(24(25)32)8-5-16-9-15(11-23(40-2)27(16)41-3)10-17-13-35-30(34)36-28(17)33/h9,11-14,18H,4-8,10H2,1-3H3,(H4,33,34,35,36). The highest BCUT2D eigenvalue weighted by Gasteiger charge is 2.30. The molecular formula is C30H31F2N5O5. The summed E-state index contributed by atoms with van der Waals surface area (Å²) in [6.45, 7) is 1.68. The molecule has 2 aromatic heterocycles. The van der Waals surface area contributed by atoms with Gasteiger partial charge in [-0.2, -0.15) is 4.98 Å². The second-order valence-corrected chi connectivity index (χ2v) is 10.1. The Morgan fingerprint density at radius 1 is 1.10 bits per heavy atom. The van der Waals surface area contributed by atoms with E-state index in [1.807, 2.05) is 6.07 Å². The monoisotopic (exact) mass is 579 g/mol. The van der Waals surface area contributed by atoms with Crippen molar-refractivity contribution < 1.29 is 27.8 Å². The molecule has 0 unspecified atom stereocenters. The van der Waals surface area contributed by atoms with E-state index in [-0.39, 0.29) is 59.3 Å². The molecule has 0 aliphatic heterocycles. The first-order valence-corrected chi connectivity index (χ1v) is 13.5. The zero-order valence-electron chi connectivity index (χ0n) is 23.5. The highest BCUT2D eigenvalue weighted by molar-refractivity contribution is 5.94. The molecule has 1 saturated carbocycles. The van der Waals surface area contributed by atoms with Crippen molar-refractivity contribution in [2.75, 3.05) is 32.3 Å².